The summed E-state index contributed by atoms with van der Waals surface area (Å²) in [7, 11) is 0. The molecule has 1 spiro atoms. The molecule has 10 heteroatoms. The number of nitrogens with two attached hydrogens (primary N) is 1. The number of nitriles is 2. The summed E-state index contributed by atoms with van der Waals surface area (Å²) < 4.78 is 11.4. The Morgan fingerprint density at radius 2 is 1.67 bits per heavy atom. The van der Waals surface area contributed by atoms with Gasteiger partial charge in [-0.15, -0.1) is 0 Å². The summed E-state index contributed by atoms with van der Waals surface area (Å²) in [5.74, 6) is -1.77. The van der Waals surface area contributed by atoms with Crippen LogP contribution in [0.15, 0.2) is 119 Å². The highest BCUT2D eigenvalue weighted by molar-refractivity contribution is 7.99. The molecule has 1 atom stereocenters. The van der Waals surface area contributed by atoms with Gasteiger partial charge in [0.05, 0.1) is 23.6 Å². The maximum atomic E-state index is 13.9. The molecule has 4 aromatic rings. The second kappa shape index (κ2) is 12.0. The Kier molecular flexibility index (Phi) is 7.82. The first-order valence-corrected chi connectivity index (χ1v) is 15.0. The fourth-order valence-corrected chi connectivity index (χ4v) is 6.62. The summed E-state index contributed by atoms with van der Waals surface area (Å²) in [6.07, 6.45) is 0. The van der Waals surface area contributed by atoms with Gasteiger partial charge in [-0.1, -0.05) is 90.6 Å². The normalized spacial score (nSPS) is 16.8. The molecule has 1 aromatic heterocycles. The zero-order chi connectivity index (χ0) is 31.6. The number of nitrogens with zero attached hydrogens (tertiary/aromatic N) is 3. The summed E-state index contributed by atoms with van der Waals surface area (Å²) in [6, 6.07) is 32.1. The molecular formula is C35H25N5O4S. The lowest BCUT2D eigenvalue weighted by molar-refractivity contribution is -0.140. The maximum absolute atomic E-state index is 13.9. The van der Waals surface area contributed by atoms with Crippen molar-refractivity contribution < 1.29 is 19.1 Å². The molecule has 2 aliphatic rings. The summed E-state index contributed by atoms with van der Waals surface area (Å²) in [5.41, 5.74) is 8.24. The minimum absolute atomic E-state index is 0.0167. The molecule has 3 aromatic carbocycles. The van der Waals surface area contributed by atoms with E-state index in [0.29, 0.717) is 33.1 Å². The number of hydrogen-bond acceptors (Lipinski definition) is 9. The number of carbonyl (C=O) groups is 2. The highest BCUT2D eigenvalue weighted by Crippen LogP contribution is 2.52. The largest absolute Gasteiger partial charge is 0.462 e. The number of carbonyl (C=O) groups excluding carboxylic acids is 2. The second-order valence-electron chi connectivity index (χ2n) is 10.1. The van der Waals surface area contributed by atoms with Crippen molar-refractivity contribution in [1.82, 2.24) is 4.98 Å². The van der Waals surface area contributed by atoms with E-state index in [4.69, 9.17) is 20.2 Å². The van der Waals surface area contributed by atoms with Gasteiger partial charge >= 0.3 is 5.97 Å². The van der Waals surface area contributed by atoms with Crippen LogP contribution in [-0.4, -0.2) is 29.2 Å². The third kappa shape index (κ3) is 4.88. The summed E-state index contributed by atoms with van der Waals surface area (Å²) in [4.78, 5) is 32.4. The number of nitrogens with one attached hydrogen (secondary N) is 1. The van der Waals surface area contributed by atoms with Crippen LogP contribution in [0.3, 0.4) is 0 Å². The van der Waals surface area contributed by atoms with Crippen LogP contribution < -0.4 is 11.1 Å². The first-order chi connectivity index (χ1) is 21.9. The lowest BCUT2D eigenvalue weighted by Crippen LogP contribution is -2.46. The van der Waals surface area contributed by atoms with Crippen LogP contribution in [0.25, 0.3) is 22.4 Å². The van der Waals surface area contributed by atoms with E-state index in [9.17, 15) is 20.1 Å². The minimum Gasteiger partial charge on any atom is -0.462 e. The van der Waals surface area contributed by atoms with Gasteiger partial charge in [0.1, 0.15) is 34.1 Å². The molecule has 0 saturated carbocycles. The molecule has 45 heavy (non-hydrogen) atoms. The number of para-hydroxylation sites is 1. The highest BCUT2D eigenvalue weighted by Gasteiger charge is 2.60. The maximum Gasteiger partial charge on any atom is 0.339 e. The average molecular weight is 612 g/mol. The molecule has 0 bridgehead atoms. The standard InChI is InChI=1S/C35H25N5O4S/c1-2-43-33(41)30-29(44-31(38)26(19-37)35(30)25-15-9-10-16-27(25)40-34(35)42)20-45-32-24(18-36)23(21-11-5-3-6-12-21)17-28(39-32)22-13-7-4-8-14-22/h3-17H,2,20,38H2,1H3,(H,40,42)/t35-/m1/s1. The van der Waals surface area contributed by atoms with Gasteiger partial charge < -0.3 is 20.5 Å². The van der Waals surface area contributed by atoms with E-state index >= 15 is 0 Å². The van der Waals surface area contributed by atoms with E-state index in [-0.39, 0.29) is 35.1 Å². The monoisotopic (exact) mass is 611 g/mol. The smallest absolute Gasteiger partial charge is 0.339 e. The molecule has 6 rings (SSSR count). The third-order valence-electron chi connectivity index (χ3n) is 7.61. The van der Waals surface area contributed by atoms with Crippen LogP contribution >= 0.6 is 11.8 Å². The second-order valence-corrected chi connectivity index (χ2v) is 11.1. The van der Waals surface area contributed by atoms with E-state index in [1.54, 1.807) is 31.2 Å². The van der Waals surface area contributed by atoms with Gasteiger partial charge in [0.25, 0.3) is 0 Å². The van der Waals surface area contributed by atoms with E-state index in [0.717, 1.165) is 22.9 Å². The number of thioether (sulfide) groups is 1. The van der Waals surface area contributed by atoms with Gasteiger partial charge in [-0.2, -0.15) is 10.5 Å². The van der Waals surface area contributed by atoms with E-state index in [1.807, 2.05) is 72.8 Å². The summed E-state index contributed by atoms with van der Waals surface area (Å²) in [6.45, 7) is 1.66. The molecule has 1 amide bonds. The Bertz CT molecular complexity index is 1990. The van der Waals surface area contributed by atoms with E-state index in [1.165, 1.54) is 0 Å². The molecule has 3 N–H and O–H groups in total. The molecule has 220 valence electrons. The van der Waals surface area contributed by atoms with Crippen molar-refractivity contribution in [3.8, 4) is 34.5 Å². The molecule has 2 aliphatic heterocycles. The number of pyridine rings is 1. The Morgan fingerprint density at radius 1 is 1.00 bits per heavy atom. The van der Waals surface area contributed by atoms with Crippen LogP contribution in [0.4, 0.5) is 5.69 Å². The van der Waals surface area contributed by atoms with Crippen molar-refractivity contribution in [2.75, 3.05) is 17.7 Å². The highest BCUT2D eigenvalue weighted by atomic mass is 32.2. The Labute approximate surface area is 263 Å². The van der Waals surface area contributed by atoms with E-state index < -0.39 is 17.3 Å². The average Bonchev–Trinajstić information content (AvgIpc) is 3.35. The van der Waals surface area contributed by atoms with Crippen LogP contribution in [0, 0.1) is 22.7 Å². The van der Waals surface area contributed by atoms with Crippen LogP contribution in [0.1, 0.15) is 18.1 Å². The zero-order valence-electron chi connectivity index (χ0n) is 24.0. The number of fused-ring (bicyclic) bond motifs is 2. The van der Waals surface area contributed by atoms with Gasteiger partial charge in [-0.05, 0) is 24.6 Å². The molecule has 0 radical (unpaired) electrons. The third-order valence-corrected chi connectivity index (χ3v) is 8.59. The van der Waals surface area contributed by atoms with Crippen molar-refractivity contribution in [1.29, 1.82) is 10.5 Å². The quantitative estimate of drug-likeness (QED) is 0.195. The fourth-order valence-electron chi connectivity index (χ4n) is 5.69. The molecule has 0 aliphatic carbocycles. The van der Waals surface area contributed by atoms with Crippen LogP contribution in [0.5, 0.6) is 0 Å². The predicted octanol–water partition coefficient (Wildman–Crippen LogP) is 5.81. The van der Waals surface area contributed by atoms with Crippen LogP contribution in [0.2, 0.25) is 0 Å². The Hall–Kier alpha value is -5.84. The molecule has 9 nitrogen and oxygen atoms in total. The minimum atomic E-state index is -1.89. The van der Waals surface area contributed by atoms with Gasteiger partial charge in [0.15, 0.2) is 5.41 Å². The number of benzene rings is 3. The number of hydrogen-bond donors (Lipinski definition) is 2. The van der Waals surface area contributed by atoms with Gasteiger partial charge in [-0.3, -0.25) is 4.79 Å². The van der Waals surface area contributed by atoms with Gasteiger partial charge in [-0.25, -0.2) is 9.78 Å². The Balaban J connectivity index is 1.53. The van der Waals surface area contributed by atoms with Gasteiger partial charge in [0, 0.05) is 22.4 Å². The van der Waals surface area contributed by atoms with Crippen molar-refractivity contribution in [2.45, 2.75) is 17.4 Å². The van der Waals surface area contributed by atoms with E-state index in [2.05, 4.69) is 11.4 Å². The van der Waals surface area contributed by atoms with Crippen molar-refractivity contribution in [3.05, 3.63) is 125 Å². The predicted molar refractivity (Wildman–Crippen MR) is 169 cm³/mol. The summed E-state index contributed by atoms with van der Waals surface area (Å²) in [5, 5.41) is 23.8. The lowest BCUT2D eigenvalue weighted by Gasteiger charge is -2.34. The van der Waals surface area contributed by atoms with Crippen molar-refractivity contribution in [3.63, 3.8) is 0 Å². The zero-order valence-corrected chi connectivity index (χ0v) is 24.9. The SMILES string of the molecule is CCOC(=O)C1=C(CSc2nc(-c3ccccc3)cc(-c3ccccc3)c2C#N)OC(N)=C(C#N)[C@@]12C(=O)Nc1ccccc12. The number of esters is 1. The molecule has 0 unspecified atom stereocenters. The Morgan fingerprint density at radius 3 is 2.33 bits per heavy atom. The number of amides is 1. The number of aromatic nitrogens is 1. The molecule has 0 fully saturated rings. The van der Waals surface area contributed by atoms with Gasteiger partial charge in [0.2, 0.25) is 11.8 Å². The number of anilines is 1. The number of rotatable bonds is 7. The molecular weight excluding hydrogens is 586 g/mol. The molecule has 0 saturated heterocycles. The number of ether oxygens (including phenoxy) is 2. The molecule has 3 heterocycles. The van der Waals surface area contributed by atoms with Crippen molar-refractivity contribution >= 4 is 29.3 Å². The topological polar surface area (TPSA) is 151 Å². The van der Waals surface area contributed by atoms with Crippen molar-refractivity contribution in [2.24, 2.45) is 5.73 Å². The fraction of sp³-hybridized carbons (Fsp3) is 0.114. The summed E-state index contributed by atoms with van der Waals surface area (Å²) >= 11 is 1.15. The first kappa shape index (κ1) is 29.2. The van der Waals surface area contributed by atoms with Crippen LogP contribution in [-0.2, 0) is 24.5 Å². The first-order valence-electron chi connectivity index (χ1n) is 14.0. The lowest BCUT2D eigenvalue weighted by atomic mass is 9.68.